The number of aliphatic hydroxyl groups is 2. The van der Waals surface area contributed by atoms with Gasteiger partial charge in [0.1, 0.15) is 0 Å². The first kappa shape index (κ1) is 13.5. The Labute approximate surface area is 100 Å². The summed E-state index contributed by atoms with van der Waals surface area (Å²) in [6.07, 6.45) is -0.924. The predicted octanol–water partition coefficient (Wildman–Crippen LogP) is -0.158. The fourth-order valence-electron chi connectivity index (χ4n) is 1.42. The Morgan fingerprint density at radius 1 is 1.53 bits per heavy atom. The molecule has 0 aliphatic carbocycles. The van der Waals surface area contributed by atoms with Crippen LogP contribution in [0.3, 0.4) is 0 Å². The molecule has 0 aromatic heterocycles. The van der Waals surface area contributed by atoms with Crippen molar-refractivity contribution in [2.45, 2.75) is 18.9 Å². The van der Waals surface area contributed by atoms with Crippen molar-refractivity contribution < 1.29 is 15.0 Å². The molecule has 17 heavy (non-hydrogen) atoms. The lowest BCUT2D eigenvalue weighted by molar-refractivity contribution is -0.122. The van der Waals surface area contributed by atoms with Gasteiger partial charge in [-0.3, -0.25) is 4.79 Å². The number of amides is 1. The maximum atomic E-state index is 11.7. The van der Waals surface area contributed by atoms with Gasteiger partial charge in [-0.05, 0) is 24.6 Å². The van der Waals surface area contributed by atoms with Crippen molar-refractivity contribution in [1.29, 1.82) is 0 Å². The molecular formula is C12H18N2O3. The predicted molar refractivity (Wildman–Crippen MR) is 65.4 cm³/mol. The molecule has 0 saturated heterocycles. The highest BCUT2D eigenvalue weighted by Crippen LogP contribution is 2.17. The third kappa shape index (κ3) is 4.05. The summed E-state index contributed by atoms with van der Waals surface area (Å²) >= 11 is 0. The van der Waals surface area contributed by atoms with E-state index < -0.39 is 6.10 Å². The van der Waals surface area contributed by atoms with E-state index in [4.69, 9.17) is 15.9 Å². The Bertz CT molecular complexity index is 382. The molecule has 1 aromatic carbocycles. The SMILES string of the molecule is CC(C(=O)NCC(O)CO)c1cccc(N)c1. The number of hydrogen-bond acceptors (Lipinski definition) is 4. The second kappa shape index (κ2) is 6.22. The maximum absolute atomic E-state index is 11.7. The molecule has 2 unspecified atom stereocenters. The highest BCUT2D eigenvalue weighted by Gasteiger charge is 2.15. The molecule has 2 atom stereocenters. The molecule has 0 spiro atoms. The van der Waals surface area contributed by atoms with Crippen LogP contribution in [0.25, 0.3) is 0 Å². The zero-order valence-electron chi connectivity index (χ0n) is 9.76. The molecule has 0 heterocycles. The minimum absolute atomic E-state index is 0.0436. The van der Waals surface area contributed by atoms with Crippen LogP contribution >= 0.6 is 0 Å². The van der Waals surface area contributed by atoms with Crippen LogP contribution in [0.4, 0.5) is 5.69 Å². The molecular weight excluding hydrogens is 220 g/mol. The van der Waals surface area contributed by atoms with Gasteiger partial charge in [-0.15, -0.1) is 0 Å². The normalized spacial score (nSPS) is 14.1. The van der Waals surface area contributed by atoms with Gasteiger partial charge in [0.15, 0.2) is 0 Å². The third-order valence-corrected chi connectivity index (χ3v) is 2.53. The smallest absolute Gasteiger partial charge is 0.227 e. The van der Waals surface area contributed by atoms with Crippen molar-refractivity contribution >= 4 is 11.6 Å². The minimum atomic E-state index is -0.924. The largest absolute Gasteiger partial charge is 0.399 e. The standard InChI is InChI=1S/C12H18N2O3/c1-8(9-3-2-4-10(13)5-9)12(17)14-6-11(16)7-15/h2-5,8,11,15-16H,6-7,13H2,1H3,(H,14,17). The fraction of sp³-hybridized carbons (Fsp3) is 0.417. The summed E-state index contributed by atoms with van der Waals surface area (Å²) in [5.74, 6) is -0.549. The van der Waals surface area contributed by atoms with E-state index in [-0.39, 0.29) is 25.0 Å². The molecule has 5 heteroatoms. The van der Waals surface area contributed by atoms with Crippen molar-refractivity contribution in [3.8, 4) is 0 Å². The molecule has 5 nitrogen and oxygen atoms in total. The van der Waals surface area contributed by atoms with Gasteiger partial charge in [0, 0.05) is 12.2 Å². The average molecular weight is 238 g/mol. The van der Waals surface area contributed by atoms with Crippen LogP contribution in [0.1, 0.15) is 18.4 Å². The highest BCUT2D eigenvalue weighted by molar-refractivity contribution is 5.83. The maximum Gasteiger partial charge on any atom is 0.227 e. The van der Waals surface area contributed by atoms with Crippen molar-refractivity contribution in [2.75, 3.05) is 18.9 Å². The molecule has 0 aliphatic rings. The molecule has 0 saturated carbocycles. The Kier molecular flexibility index (Phi) is 4.93. The van der Waals surface area contributed by atoms with E-state index in [1.165, 1.54) is 0 Å². The summed E-state index contributed by atoms with van der Waals surface area (Å²) in [5, 5.41) is 20.3. The zero-order chi connectivity index (χ0) is 12.8. The summed E-state index contributed by atoms with van der Waals surface area (Å²) in [7, 11) is 0. The summed E-state index contributed by atoms with van der Waals surface area (Å²) in [6, 6.07) is 7.11. The van der Waals surface area contributed by atoms with E-state index >= 15 is 0 Å². The van der Waals surface area contributed by atoms with Crippen LogP contribution in [0.15, 0.2) is 24.3 Å². The molecule has 1 amide bonds. The Balaban J connectivity index is 2.57. The average Bonchev–Trinajstić information content (AvgIpc) is 2.34. The lowest BCUT2D eigenvalue weighted by Gasteiger charge is -2.14. The summed E-state index contributed by atoms with van der Waals surface area (Å²) in [5.41, 5.74) is 7.06. The van der Waals surface area contributed by atoms with Crippen molar-refractivity contribution in [3.63, 3.8) is 0 Å². The van der Waals surface area contributed by atoms with Crippen LogP contribution < -0.4 is 11.1 Å². The van der Waals surface area contributed by atoms with Crippen LogP contribution in [0.5, 0.6) is 0 Å². The number of hydrogen-bond donors (Lipinski definition) is 4. The molecule has 0 aliphatic heterocycles. The van der Waals surface area contributed by atoms with Gasteiger partial charge in [-0.2, -0.15) is 0 Å². The molecule has 0 bridgehead atoms. The molecule has 1 aromatic rings. The number of rotatable bonds is 5. The number of anilines is 1. The number of carbonyl (C=O) groups is 1. The number of nitrogens with one attached hydrogen (secondary N) is 1. The lowest BCUT2D eigenvalue weighted by atomic mass is 10.00. The van der Waals surface area contributed by atoms with E-state index in [0.717, 1.165) is 5.56 Å². The molecule has 1 rings (SSSR count). The third-order valence-electron chi connectivity index (χ3n) is 2.53. The van der Waals surface area contributed by atoms with E-state index in [9.17, 15) is 4.79 Å². The fourth-order valence-corrected chi connectivity index (χ4v) is 1.42. The van der Waals surface area contributed by atoms with Crippen LogP contribution in [-0.4, -0.2) is 35.4 Å². The van der Waals surface area contributed by atoms with Crippen molar-refractivity contribution in [2.24, 2.45) is 0 Å². The van der Waals surface area contributed by atoms with Crippen LogP contribution in [0.2, 0.25) is 0 Å². The van der Waals surface area contributed by atoms with E-state index in [1.807, 2.05) is 6.07 Å². The first-order valence-electron chi connectivity index (χ1n) is 5.46. The monoisotopic (exact) mass is 238 g/mol. The number of benzene rings is 1. The number of nitrogens with two attached hydrogens (primary N) is 1. The van der Waals surface area contributed by atoms with Gasteiger partial charge in [0.25, 0.3) is 0 Å². The Hall–Kier alpha value is -1.59. The first-order chi connectivity index (χ1) is 8.04. The van der Waals surface area contributed by atoms with Crippen molar-refractivity contribution in [3.05, 3.63) is 29.8 Å². The van der Waals surface area contributed by atoms with E-state index in [1.54, 1.807) is 25.1 Å². The number of carbonyl (C=O) groups excluding carboxylic acids is 1. The second-order valence-electron chi connectivity index (χ2n) is 3.97. The van der Waals surface area contributed by atoms with Gasteiger partial charge >= 0.3 is 0 Å². The Morgan fingerprint density at radius 2 is 2.24 bits per heavy atom. The summed E-state index contributed by atoms with van der Waals surface area (Å²) < 4.78 is 0. The molecule has 0 fully saturated rings. The molecule has 0 radical (unpaired) electrons. The summed E-state index contributed by atoms with van der Waals surface area (Å²) in [4.78, 5) is 11.7. The Morgan fingerprint density at radius 3 is 2.82 bits per heavy atom. The van der Waals surface area contributed by atoms with Crippen LogP contribution in [0, 0.1) is 0 Å². The van der Waals surface area contributed by atoms with Gasteiger partial charge in [-0.1, -0.05) is 12.1 Å². The summed E-state index contributed by atoms with van der Waals surface area (Å²) in [6.45, 7) is 1.43. The van der Waals surface area contributed by atoms with E-state index in [0.29, 0.717) is 5.69 Å². The van der Waals surface area contributed by atoms with Gasteiger partial charge in [0.05, 0.1) is 18.6 Å². The first-order valence-corrected chi connectivity index (χ1v) is 5.46. The topological polar surface area (TPSA) is 95.6 Å². The van der Waals surface area contributed by atoms with Gasteiger partial charge in [0.2, 0.25) is 5.91 Å². The van der Waals surface area contributed by atoms with Gasteiger partial charge in [-0.25, -0.2) is 0 Å². The zero-order valence-corrected chi connectivity index (χ0v) is 9.76. The highest BCUT2D eigenvalue weighted by atomic mass is 16.3. The van der Waals surface area contributed by atoms with E-state index in [2.05, 4.69) is 5.32 Å². The lowest BCUT2D eigenvalue weighted by Crippen LogP contribution is -2.36. The van der Waals surface area contributed by atoms with Crippen molar-refractivity contribution in [1.82, 2.24) is 5.32 Å². The molecule has 5 N–H and O–H groups in total. The quantitative estimate of drug-likeness (QED) is 0.536. The van der Waals surface area contributed by atoms with Gasteiger partial charge < -0.3 is 21.3 Å². The minimum Gasteiger partial charge on any atom is -0.399 e. The van der Waals surface area contributed by atoms with Crippen LogP contribution in [-0.2, 0) is 4.79 Å². The molecule has 94 valence electrons. The number of aliphatic hydroxyl groups excluding tert-OH is 2. The number of nitrogen functional groups attached to an aromatic ring is 1. The second-order valence-corrected chi connectivity index (χ2v) is 3.97.